The van der Waals surface area contributed by atoms with E-state index in [1.54, 1.807) is 0 Å². The number of aliphatic hydroxyl groups is 1. The van der Waals surface area contributed by atoms with Crippen LogP contribution in [0.5, 0.6) is 0 Å². The molecule has 0 fully saturated rings. The summed E-state index contributed by atoms with van der Waals surface area (Å²) in [5.41, 5.74) is 4.00. The Morgan fingerprint density at radius 1 is 0.962 bits per heavy atom. The van der Waals surface area contributed by atoms with Gasteiger partial charge in [-0.1, -0.05) is 32.9 Å². The molecule has 0 unspecified atom stereocenters. The second-order valence-electron chi connectivity index (χ2n) is 6.90. The Morgan fingerprint density at radius 2 is 1.54 bits per heavy atom. The molecule has 2 aromatic heterocycles. The van der Waals surface area contributed by atoms with Crippen LogP contribution < -0.4 is 0 Å². The highest BCUT2D eigenvalue weighted by Crippen LogP contribution is 2.12. The maximum Gasteiger partial charge on any atom is 0.0853 e. The first-order valence-electron chi connectivity index (χ1n) is 9.41. The fourth-order valence-electron chi connectivity index (χ4n) is 2.86. The van der Waals surface area contributed by atoms with Crippen LogP contribution in [0.3, 0.4) is 0 Å². The largest absolute Gasteiger partial charge is 0.390 e. The van der Waals surface area contributed by atoms with Crippen molar-refractivity contribution < 1.29 is 5.11 Å². The SMILES string of the molecule is CCSCCN(Cc1cccc(CO)n1)Cc1cccc(CC(C)C)n1. The lowest BCUT2D eigenvalue weighted by Gasteiger charge is -2.22. The average molecular weight is 374 g/mol. The molecule has 2 rings (SSSR count). The van der Waals surface area contributed by atoms with Gasteiger partial charge in [0.1, 0.15) is 0 Å². The van der Waals surface area contributed by atoms with Crippen molar-refractivity contribution in [3.05, 3.63) is 59.2 Å². The van der Waals surface area contributed by atoms with Crippen molar-refractivity contribution in [1.82, 2.24) is 14.9 Å². The second kappa shape index (κ2) is 11.3. The maximum atomic E-state index is 9.32. The third-order valence-corrected chi connectivity index (χ3v) is 4.91. The highest BCUT2D eigenvalue weighted by atomic mass is 32.2. The van der Waals surface area contributed by atoms with E-state index in [2.05, 4.69) is 48.9 Å². The van der Waals surface area contributed by atoms with Crippen molar-refractivity contribution in [2.75, 3.05) is 18.1 Å². The van der Waals surface area contributed by atoms with E-state index in [0.29, 0.717) is 5.92 Å². The molecule has 0 amide bonds. The molecule has 0 bridgehead atoms. The molecule has 1 N–H and O–H groups in total. The Hall–Kier alpha value is -1.43. The number of pyridine rings is 2. The molecule has 0 atom stereocenters. The third-order valence-electron chi connectivity index (χ3n) is 4.04. The molecular formula is C21H31N3OS. The zero-order valence-electron chi connectivity index (χ0n) is 16.2. The molecule has 0 aliphatic heterocycles. The van der Waals surface area contributed by atoms with Crippen molar-refractivity contribution in [1.29, 1.82) is 0 Å². The van der Waals surface area contributed by atoms with Crippen LogP contribution in [0, 0.1) is 5.92 Å². The van der Waals surface area contributed by atoms with Gasteiger partial charge in [0.25, 0.3) is 0 Å². The Labute approximate surface area is 162 Å². The molecule has 0 aliphatic rings. The molecule has 0 aliphatic carbocycles. The van der Waals surface area contributed by atoms with Gasteiger partial charge in [0.05, 0.1) is 23.7 Å². The number of aromatic nitrogens is 2. The van der Waals surface area contributed by atoms with E-state index in [0.717, 1.165) is 54.6 Å². The molecule has 5 heteroatoms. The van der Waals surface area contributed by atoms with Crippen LogP contribution >= 0.6 is 11.8 Å². The van der Waals surface area contributed by atoms with Crippen molar-refractivity contribution in [3.63, 3.8) is 0 Å². The first-order chi connectivity index (χ1) is 12.6. The molecule has 26 heavy (non-hydrogen) atoms. The van der Waals surface area contributed by atoms with Crippen molar-refractivity contribution >= 4 is 11.8 Å². The normalized spacial score (nSPS) is 11.5. The summed E-state index contributed by atoms with van der Waals surface area (Å²) in [4.78, 5) is 11.8. The van der Waals surface area contributed by atoms with Crippen LogP contribution in [-0.4, -0.2) is 38.0 Å². The molecule has 142 valence electrons. The highest BCUT2D eigenvalue weighted by molar-refractivity contribution is 7.99. The fraction of sp³-hybridized carbons (Fsp3) is 0.524. The van der Waals surface area contributed by atoms with Crippen LogP contribution in [0.2, 0.25) is 0 Å². The first-order valence-corrected chi connectivity index (χ1v) is 10.6. The number of nitrogens with zero attached hydrogens (tertiary/aromatic N) is 3. The number of hydrogen-bond donors (Lipinski definition) is 1. The van der Waals surface area contributed by atoms with Gasteiger partial charge in [0, 0.05) is 31.1 Å². The summed E-state index contributed by atoms with van der Waals surface area (Å²) in [6.45, 7) is 9.22. The van der Waals surface area contributed by atoms with E-state index < -0.39 is 0 Å². The first kappa shape index (κ1) is 20.9. The molecule has 0 aromatic carbocycles. The zero-order chi connectivity index (χ0) is 18.8. The summed E-state index contributed by atoms with van der Waals surface area (Å²) >= 11 is 1.95. The molecule has 0 spiro atoms. The van der Waals surface area contributed by atoms with Crippen LogP contribution in [0.4, 0.5) is 0 Å². The van der Waals surface area contributed by atoms with Crippen molar-refractivity contribution in [2.45, 2.75) is 46.9 Å². The van der Waals surface area contributed by atoms with Gasteiger partial charge in [0.2, 0.25) is 0 Å². The number of thioether (sulfide) groups is 1. The third kappa shape index (κ3) is 7.44. The molecule has 4 nitrogen and oxygen atoms in total. The van der Waals surface area contributed by atoms with Gasteiger partial charge >= 0.3 is 0 Å². The lowest BCUT2D eigenvalue weighted by Crippen LogP contribution is -2.26. The Kier molecular flexibility index (Phi) is 9.09. The molecule has 0 radical (unpaired) electrons. The Bertz CT molecular complexity index is 663. The summed E-state index contributed by atoms with van der Waals surface area (Å²) < 4.78 is 0. The summed E-state index contributed by atoms with van der Waals surface area (Å²) in [6.07, 6.45) is 1.01. The van der Waals surface area contributed by atoms with Crippen LogP contribution in [0.1, 0.15) is 43.5 Å². The zero-order valence-corrected chi connectivity index (χ0v) is 17.0. The van der Waals surface area contributed by atoms with E-state index in [1.165, 1.54) is 5.69 Å². The lowest BCUT2D eigenvalue weighted by molar-refractivity contribution is 0.261. The van der Waals surface area contributed by atoms with Gasteiger partial charge in [-0.05, 0) is 42.4 Å². The Morgan fingerprint density at radius 3 is 2.12 bits per heavy atom. The summed E-state index contributed by atoms with van der Waals surface area (Å²) in [5.74, 6) is 2.84. The molecular weight excluding hydrogens is 342 g/mol. The summed E-state index contributed by atoms with van der Waals surface area (Å²) in [6, 6.07) is 12.2. The van der Waals surface area contributed by atoms with Crippen LogP contribution in [0.15, 0.2) is 36.4 Å². The summed E-state index contributed by atoms with van der Waals surface area (Å²) in [7, 11) is 0. The smallest absolute Gasteiger partial charge is 0.0853 e. The van der Waals surface area contributed by atoms with Gasteiger partial charge in [-0.15, -0.1) is 0 Å². The highest BCUT2D eigenvalue weighted by Gasteiger charge is 2.10. The quantitative estimate of drug-likeness (QED) is 0.605. The van der Waals surface area contributed by atoms with Crippen LogP contribution in [-0.2, 0) is 26.1 Å². The minimum absolute atomic E-state index is 0.0155. The van der Waals surface area contributed by atoms with Gasteiger partial charge in [-0.25, -0.2) is 0 Å². The fourth-order valence-corrected chi connectivity index (χ4v) is 3.54. The molecule has 0 saturated heterocycles. The molecule has 0 saturated carbocycles. The monoisotopic (exact) mass is 373 g/mol. The van der Waals surface area contributed by atoms with Gasteiger partial charge < -0.3 is 5.11 Å². The van der Waals surface area contributed by atoms with E-state index in [9.17, 15) is 5.11 Å². The van der Waals surface area contributed by atoms with Gasteiger partial charge in [0.15, 0.2) is 0 Å². The molecule has 2 aromatic rings. The average Bonchev–Trinajstić information content (AvgIpc) is 2.62. The lowest BCUT2D eigenvalue weighted by atomic mass is 10.1. The molecule has 2 heterocycles. The van der Waals surface area contributed by atoms with Gasteiger partial charge in [-0.2, -0.15) is 11.8 Å². The van der Waals surface area contributed by atoms with E-state index in [4.69, 9.17) is 4.98 Å². The number of hydrogen-bond acceptors (Lipinski definition) is 5. The summed E-state index contributed by atoms with van der Waals surface area (Å²) in [5, 5.41) is 9.32. The maximum absolute atomic E-state index is 9.32. The second-order valence-corrected chi connectivity index (χ2v) is 8.30. The van der Waals surface area contributed by atoms with E-state index in [-0.39, 0.29) is 6.61 Å². The van der Waals surface area contributed by atoms with E-state index >= 15 is 0 Å². The van der Waals surface area contributed by atoms with E-state index in [1.807, 2.05) is 30.0 Å². The van der Waals surface area contributed by atoms with Crippen molar-refractivity contribution in [3.8, 4) is 0 Å². The van der Waals surface area contributed by atoms with Crippen LogP contribution in [0.25, 0.3) is 0 Å². The predicted octanol–water partition coefficient (Wildman–Crippen LogP) is 3.92. The topological polar surface area (TPSA) is 49.2 Å². The minimum atomic E-state index is -0.0155. The minimum Gasteiger partial charge on any atom is -0.390 e. The van der Waals surface area contributed by atoms with Gasteiger partial charge in [-0.3, -0.25) is 14.9 Å². The predicted molar refractivity (Wildman–Crippen MR) is 110 cm³/mol. The standard InChI is InChI=1S/C21H31N3OS/c1-4-26-12-11-24(15-20-9-6-10-21(16-25)23-20)14-19-8-5-7-18(22-19)13-17(2)3/h5-10,17,25H,4,11-16H2,1-3H3. The number of rotatable bonds is 11. The Balaban J connectivity index is 2.08. The number of aliphatic hydroxyl groups excluding tert-OH is 1. The van der Waals surface area contributed by atoms with Crippen molar-refractivity contribution in [2.24, 2.45) is 5.92 Å².